The van der Waals surface area contributed by atoms with E-state index in [4.69, 9.17) is 4.74 Å². The van der Waals surface area contributed by atoms with Gasteiger partial charge in [-0.05, 0) is 36.3 Å². The first-order valence-electron chi connectivity index (χ1n) is 11.1. The van der Waals surface area contributed by atoms with Crippen LogP contribution in [0.2, 0.25) is 0 Å². The van der Waals surface area contributed by atoms with Crippen LogP contribution in [0.3, 0.4) is 0 Å². The van der Waals surface area contributed by atoms with E-state index in [9.17, 15) is 4.79 Å². The van der Waals surface area contributed by atoms with Crippen molar-refractivity contribution >= 4 is 6.29 Å². The number of benzene rings is 2. The second-order valence-corrected chi connectivity index (χ2v) is 8.63. The first-order valence-corrected chi connectivity index (χ1v) is 11.1. The Morgan fingerprint density at radius 3 is 2.67 bits per heavy atom. The Morgan fingerprint density at radius 1 is 1.07 bits per heavy atom. The molecule has 0 N–H and O–H groups in total. The van der Waals surface area contributed by atoms with E-state index in [1.807, 2.05) is 36.8 Å². The standard InChI is InChI=1S/C26H28N2O2/c29-16-19-10-12-20(13-11-19)17-30-26(21-6-2-1-3-7-21)14-24-22-8-4-5-9-23(22)25-15-27-18-28(24)25/h4-5,8-13,15-16,18,21,24,26H,1-3,6-7,14,17H2. The third-order valence-electron chi connectivity index (χ3n) is 6.81. The monoisotopic (exact) mass is 400 g/mol. The third-order valence-corrected chi connectivity index (χ3v) is 6.81. The molecule has 1 aliphatic heterocycles. The molecule has 1 aromatic heterocycles. The highest BCUT2D eigenvalue weighted by molar-refractivity contribution is 5.74. The van der Waals surface area contributed by atoms with Crippen molar-refractivity contribution in [3.05, 3.63) is 77.7 Å². The summed E-state index contributed by atoms with van der Waals surface area (Å²) in [7, 11) is 0. The lowest BCUT2D eigenvalue weighted by atomic mass is 9.82. The molecule has 154 valence electrons. The van der Waals surface area contributed by atoms with Crippen LogP contribution in [0.15, 0.2) is 61.1 Å². The second-order valence-electron chi connectivity index (χ2n) is 8.63. The smallest absolute Gasteiger partial charge is 0.150 e. The Kier molecular flexibility index (Phi) is 5.50. The lowest BCUT2D eigenvalue weighted by molar-refractivity contribution is -0.0205. The van der Waals surface area contributed by atoms with Crippen LogP contribution >= 0.6 is 0 Å². The number of carbonyl (C=O) groups is 1. The van der Waals surface area contributed by atoms with Crippen LogP contribution in [0.25, 0.3) is 11.3 Å². The van der Waals surface area contributed by atoms with E-state index in [-0.39, 0.29) is 12.1 Å². The molecule has 4 heteroatoms. The summed E-state index contributed by atoms with van der Waals surface area (Å²) in [5, 5.41) is 0. The summed E-state index contributed by atoms with van der Waals surface area (Å²) in [6.07, 6.45) is 12.5. The van der Waals surface area contributed by atoms with Crippen molar-refractivity contribution in [3.63, 3.8) is 0 Å². The molecule has 0 spiro atoms. The molecular weight excluding hydrogens is 372 g/mol. The summed E-state index contributed by atoms with van der Waals surface area (Å²) < 4.78 is 8.91. The zero-order chi connectivity index (χ0) is 20.3. The predicted octanol–water partition coefficient (Wildman–Crippen LogP) is 5.82. The lowest BCUT2D eigenvalue weighted by Gasteiger charge is -2.32. The number of carbonyl (C=O) groups excluding carboxylic acids is 1. The highest BCUT2D eigenvalue weighted by Crippen LogP contribution is 2.43. The molecule has 1 aliphatic carbocycles. The van der Waals surface area contributed by atoms with Gasteiger partial charge in [-0.25, -0.2) is 4.98 Å². The molecule has 1 saturated carbocycles. The van der Waals surface area contributed by atoms with Gasteiger partial charge >= 0.3 is 0 Å². The van der Waals surface area contributed by atoms with E-state index in [0.717, 1.165) is 18.3 Å². The van der Waals surface area contributed by atoms with E-state index in [1.54, 1.807) is 0 Å². The van der Waals surface area contributed by atoms with Gasteiger partial charge in [0.15, 0.2) is 0 Å². The number of nitrogens with zero attached hydrogens (tertiary/aromatic N) is 2. The SMILES string of the molecule is O=Cc1ccc(COC(CC2c3ccccc3-c3cncn32)C2CCCCC2)cc1. The van der Waals surface area contributed by atoms with Crippen molar-refractivity contribution < 1.29 is 9.53 Å². The van der Waals surface area contributed by atoms with Gasteiger partial charge in [-0.15, -0.1) is 0 Å². The Morgan fingerprint density at radius 2 is 1.87 bits per heavy atom. The number of aldehydes is 1. The maximum absolute atomic E-state index is 10.9. The fourth-order valence-corrected chi connectivity index (χ4v) is 5.19. The summed E-state index contributed by atoms with van der Waals surface area (Å²) >= 11 is 0. The number of hydrogen-bond donors (Lipinski definition) is 0. The first kappa shape index (κ1) is 19.3. The molecule has 30 heavy (non-hydrogen) atoms. The lowest BCUT2D eigenvalue weighted by Crippen LogP contribution is -2.29. The normalized spacial score (nSPS) is 19.3. The molecule has 2 atom stereocenters. The molecule has 3 aromatic rings. The third kappa shape index (κ3) is 3.72. The highest BCUT2D eigenvalue weighted by Gasteiger charge is 2.33. The van der Waals surface area contributed by atoms with Gasteiger partial charge in [0.1, 0.15) is 6.29 Å². The number of aromatic nitrogens is 2. The summed E-state index contributed by atoms with van der Waals surface area (Å²) in [5.41, 5.74) is 5.72. The maximum Gasteiger partial charge on any atom is 0.150 e. The Labute approximate surface area is 177 Å². The molecule has 2 heterocycles. The van der Waals surface area contributed by atoms with Crippen molar-refractivity contribution in [3.8, 4) is 11.3 Å². The average Bonchev–Trinajstić information content (AvgIpc) is 3.40. The summed E-state index contributed by atoms with van der Waals surface area (Å²) in [6, 6.07) is 16.7. The van der Waals surface area contributed by atoms with Crippen LogP contribution in [0.1, 0.15) is 66.1 Å². The average molecular weight is 401 g/mol. The maximum atomic E-state index is 10.9. The van der Waals surface area contributed by atoms with E-state index in [1.165, 1.54) is 48.9 Å². The highest BCUT2D eigenvalue weighted by atomic mass is 16.5. The summed E-state index contributed by atoms with van der Waals surface area (Å²) in [5.74, 6) is 0.604. The van der Waals surface area contributed by atoms with Gasteiger partial charge in [-0.2, -0.15) is 0 Å². The molecule has 5 rings (SSSR count). The van der Waals surface area contributed by atoms with Crippen LogP contribution in [0.4, 0.5) is 0 Å². The molecule has 0 radical (unpaired) electrons. The van der Waals surface area contributed by atoms with Crippen LogP contribution in [-0.4, -0.2) is 21.9 Å². The predicted molar refractivity (Wildman–Crippen MR) is 117 cm³/mol. The molecule has 2 unspecified atom stereocenters. The molecule has 2 aromatic carbocycles. The first-order chi connectivity index (χ1) is 14.8. The minimum Gasteiger partial charge on any atom is -0.373 e. The van der Waals surface area contributed by atoms with Crippen molar-refractivity contribution in [1.82, 2.24) is 9.55 Å². The minimum atomic E-state index is 0.211. The van der Waals surface area contributed by atoms with Gasteiger partial charge in [-0.3, -0.25) is 4.79 Å². The van der Waals surface area contributed by atoms with E-state index < -0.39 is 0 Å². The zero-order valence-electron chi connectivity index (χ0n) is 17.2. The molecule has 0 amide bonds. The molecular formula is C26H28N2O2. The number of imidazole rings is 1. The second kappa shape index (κ2) is 8.57. The Balaban J connectivity index is 1.37. The Hall–Kier alpha value is -2.72. The molecule has 0 bridgehead atoms. The van der Waals surface area contributed by atoms with Crippen LogP contribution in [0, 0.1) is 5.92 Å². The van der Waals surface area contributed by atoms with Gasteiger partial charge in [0, 0.05) is 11.1 Å². The molecule has 1 fully saturated rings. The van der Waals surface area contributed by atoms with E-state index in [2.05, 4.69) is 33.8 Å². The van der Waals surface area contributed by atoms with Crippen LogP contribution in [-0.2, 0) is 11.3 Å². The summed E-state index contributed by atoms with van der Waals surface area (Å²) in [4.78, 5) is 15.3. The number of hydrogen-bond acceptors (Lipinski definition) is 3. The Bertz CT molecular complexity index is 1000. The van der Waals surface area contributed by atoms with Crippen molar-refractivity contribution in [2.75, 3.05) is 0 Å². The van der Waals surface area contributed by atoms with Gasteiger partial charge < -0.3 is 9.30 Å². The topological polar surface area (TPSA) is 44.1 Å². The van der Waals surface area contributed by atoms with Crippen LogP contribution < -0.4 is 0 Å². The molecule has 4 nitrogen and oxygen atoms in total. The van der Waals surface area contributed by atoms with Gasteiger partial charge in [0.05, 0.1) is 37.0 Å². The zero-order valence-corrected chi connectivity index (χ0v) is 17.2. The fourth-order valence-electron chi connectivity index (χ4n) is 5.19. The van der Waals surface area contributed by atoms with E-state index >= 15 is 0 Å². The fraction of sp³-hybridized carbons (Fsp3) is 0.385. The minimum absolute atomic E-state index is 0.211. The molecule has 0 saturated heterocycles. The number of rotatable bonds is 7. The quantitative estimate of drug-likeness (QED) is 0.469. The summed E-state index contributed by atoms with van der Waals surface area (Å²) in [6.45, 7) is 0.589. The molecule has 2 aliphatic rings. The van der Waals surface area contributed by atoms with Crippen molar-refractivity contribution in [2.45, 2.75) is 57.3 Å². The largest absolute Gasteiger partial charge is 0.373 e. The van der Waals surface area contributed by atoms with E-state index in [0.29, 0.717) is 18.1 Å². The van der Waals surface area contributed by atoms with Crippen molar-refractivity contribution in [2.24, 2.45) is 5.92 Å². The number of fused-ring (bicyclic) bond motifs is 3. The van der Waals surface area contributed by atoms with Crippen LogP contribution in [0.5, 0.6) is 0 Å². The van der Waals surface area contributed by atoms with Gasteiger partial charge in [0.2, 0.25) is 0 Å². The number of ether oxygens (including phenoxy) is 1. The van der Waals surface area contributed by atoms with Crippen molar-refractivity contribution in [1.29, 1.82) is 0 Å². The van der Waals surface area contributed by atoms with Gasteiger partial charge in [-0.1, -0.05) is 67.8 Å². The van der Waals surface area contributed by atoms with Gasteiger partial charge in [0.25, 0.3) is 0 Å².